The Morgan fingerprint density at radius 3 is 2.67 bits per heavy atom. The van der Waals surface area contributed by atoms with Crippen LogP contribution < -0.4 is 5.32 Å². The lowest BCUT2D eigenvalue weighted by atomic mass is 10.1. The molecule has 0 bridgehead atoms. The highest BCUT2D eigenvalue weighted by Gasteiger charge is 2.16. The van der Waals surface area contributed by atoms with Crippen LogP contribution >= 0.6 is 11.3 Å². The summed E-state index contributed by atoms with van der Waals surface area (Å²) in [6.45, 7) is 5.13. The van der Waals surface area contributed by atoms with Gasteiger partial charge in [0.1, 0.15) is 0 Å². The standard InChI is InChI=1S/C17H19N3S/c1-12-17(16-9-14(10-18-3)11-21-16)13(2)20(19-12)15-7-5-4-6-8-15/h4-9,11,18H,10H2,1-3H3. The van der Waals surface area contributed by atoms with Crippen LogP contribution in [0, 0.1) is 13.8 Å². The van der Waals surface area contributed by atoms with E-state index in [1.165, 1.54) is 21.7 Å². The van der Waals surface area contributed by atoms with Crippen LogP contribution in [0.5, 0.6) is 0 Å². The zero-order valence-corrected chi connectivity index (χ0v) is 13.4. The Labute approximate surface area is 129 Å². The minimum absolute atomic E-state index is 0.904. The van der Waals surface area contributed by atoms with Crippen LogP contribution in [0.25, 0.3) is 16.1 Å². The van der Waals surface area contributed by atoms with Gasteiger partial charge in [-0.1, -0.05) is 18.2 Å². The van der Waals surface area contributed by atoms with Gasteiger partial charge in [0.05, 0.1) is 17.1 Å². The van der Waals surface area contributed by atoms with Crippen LogP contribution in [0.2, 0.25) is 0 Å². The van der Waals surface area contributed by atoms with Gasteiger partial charge >= 0.3 is 0 Å². The zero-order valence-electron chi connectivity index (χ0n) is 12.6. The second-order valence-electron chi connectivity index (χ2n) is 5.14. The van der Waals surface area contributed by atoms with E-state index in [9.17, 15) is 0 Å². The monoisotopic (exact) mass is 297 g/mol. The van der Waals surface area contributed by atoms with Gasteiger partial charge in [0.15, 0.2) is 0 Å². The summed E-state index contributed by atoms with van der Waals surface area (Å²) in [4.78, 5) is 1.29. The van der Waals surface area contributed by atoms with Gasteiger partial charge in [0, 0.05) is 17.0 Å². The third-order valence-corrected chi connectivity index (χ3v) is 4.57. The van der Waals surface area contributed by atoms with E-state index in [4.69, 9.17) is 5.10 Å². The lowest BCUT2D eigenvalue weighted by Gasteiger charge is -2.04. The number of hydrogen-bond donors (Lipinski definition) is 1. The summed E-state index contributed by atoms with van der Waals surface area (Å²) in [5, 5.41) is 10.1. The molecule has 0 spiro atoms. The molecular formula is C17H19N3S. The molecule has 3 rings (SSSR count). The van der Waals surface area contributed by atoms with Crippen molar-refractivity contribution >= 4 is 11.3 Å². The van der Waals surface area contributed by atoms with Gasteiger partial charge in [0.2, 0.25) is 0 Å². The molecule has 0 radical (unpaired) electrons. The Hall–Kier alpha value is -1.91. The van der Waals surface area contributed by atoms with Crippen molar-refractivity contribution in [1.29, 1.82) is 0 Å². The van der Waals surface area contributed by atoms with Crippen molar-refractivity contribution in [1.82, 2.24) is 15.1 Å². The molecule has 0 amide bonds. The topological polar surface area (TPSA) is 29.9 Å². The number of para-hydroxylation sites is 1. The number of thiophene rings is 1. The van der Waals surface area contributed by atoms with E-state index in [0.717, 1.165) is 17.9 Å². The summed E-state index contributed by atoms with van der Waals surface area (Å²) in [5.41, 5.74) is 5.96. The van der Waals surface area contributed by atoms with E-state index in [0.29, 0.717) is 0 Å². The minimum atomic E-state index is 0.904. The summed E-state index contributed by atoms with van der Waals surface area (Å²) < 4.78 is 2.03. The molecule has 0 atom stereocenters. The van der Waals surface area contributed by atoms with E-state index >= 15 is 0 Å². The maximum absolute atomic E-state index is 4.72. The fourth-order valence-corrected chi connectivity index (χ4v) is 3.69. The molecule has 1 aromatic carbocycles. The molecule has 21 heavy (non-hydrogen) atoms. The molecule has 0 aliphatic rings. The smallest absolute Gasteiger partial charge is 0.0687 e. The van der Waals surface area contributed by atoms with Crippen LogP contribution in [-0.4, -0.2) is 16.8 Å². The summed E-state index contributed by atoms with van der Waals surface area (Å²) in [5.74, 6) is 0. The van der Waals surface area contributed by atoms with Gasteiger partial charge in [-0.15, -0.1) is 11.3 Å². The Balaban J connectivity index is 2.05. The van der Waals surface area contributed by atoms with Crippen molar-refractivity contribution in [2.24, 2.45) is 0 Å². The van der Waals surface area contributed by atoms with Crippen molar-refractivity contribution in [3.8, 4) is 16.1 Å². The van der Waals surface area contributed by atoms with Crippen molar-refractivity contribution in [2.45, 2.75) is 20.4 Å². The van der Waals surface area contributed by atoms with E-state index < -0.39 is 0 Å². The third kappa shape index (κ3) is 2.64. The van der Waals surface area contributed by atoms with Crippen LogP contribution in [0.3, 0.4) is 0 Å². The van der Waals surface area contributed by atoms with Crippen molar-refractivity contribution in [3.05, 3.63) is 58.7 Å². The fraction of sp³-hybridized carbons (Fsp3) is 0.235. The third-order valence-electron chi connectivity index (χ3n) is 3.57. The molecule has 0 fully saturated rings. The van der Waals surface area contributed by atoms with E-state index in [-0.39, 0.29) is 0 Å². The highest BCUT2D eigenvalue weighted by molar-refractivity contribution is 7.13. The molecular weight excluding hydrogens is 278 g/mol. The molecule has 0 aliphatic heterocycles. The molecule has 0 saturated carbocycles. The molecule has 1 N–H and O–H groups in total. The lowest BCUT2D eigenvalue weighted by Crippen LogP contribution is -2.03. The molecule has 4 heteroatoms. The Kier molecular flexibility index (Phi) is 3.90. The number of rotatable bonds is 4. The average molecular weight is 297 g/mol. The number of nitrogens with zero attached hydrogens (tertiary/aromatic N) is 2. The molecule has 0 saturated heterocycles. The number of aryl methyl sites for hydroxylation is 1. The Morgan fingerprint density at radius 1 is 1.19 bits per heavy atom. The van der Waals surface area contributed by atoms with Crippen LogP contribution in [0.1, 0.15) is 17.0 Å². The predicted molar refractivity (Wildman–Crippen MR) is 89.1 cm³/mol. The van der Waals surface area contributed by atoms with Gasteiger partial charge in [-0.3, -0.25) is 0 Å². The van der Waals surface area contributed by atoms with E-state index in [1.54, 1.807) is 11.3 Å². The number of hydrogen-bond acceptors (Lipinski definition) is 3. The number of nitrogens with one attached hydrogen (secondary N) is 1. The lowest BCUT2D eigenvalue weighted by molar-refractivity contribution is 0.821. The highest BCUT2D eigenvalue weighted by Crippen LogP contribution is 2.33. The number of benzene rings is 1. The van der Waals surface area contributed by atoms with Crippen LogP contribution in [-0.2, 0) is 6.54 Å². The predicted octanol–water partition coefficient (Wildman–Crippen LogP) is 3.94. The van der Waals surface area contributed by atoms with Crippen LogP contribution in [0.15, 0.2) is 41.8 Å². The van der Waals surface area contributed by atoms with E-state index in [1.807, 2.05) is 29.9 Å². The summed E-state index contributed by atoms with van der Waals surface area (Å²) in [7, 11) is 1.97. The molecule has 2 heterocycles. The maximum atomic E-state index is 4.72. The van der Waals surface area contributed by atoms with Gasteiger partial charge in [-0.2, -0.15) is 5.10 Å². The SMILES string of the molecule is CNCc1csc(-c2c(C)nn(-c3ccccc3)c2C)c1. The first kappa shape index (κ1) is 14.0. The maximum Gasteiger partial charge on any atom is 0.0687 e. The van der Waals surface area contributed by atoms with Crippen molar-refractivity contribution in [2.75, 3.05) is 7.05 Å². The van der Waals surface area contributed by atoms with Gasteiger partial charge in [-0.25, -0.2) is 4.68 Å². The summed E-state index contributed by atoms with van der Waals surface area (Å²) in [6.07, 6.45) is 0. The first-order chi connectivity index (χ1) is 10.2. The van der Waals surface area contributed by atoms with Crippen molar-refractivity contribution in [3.63, 3.8) is 0 Å². The first-order valence-corrected chi connectivity index (χ1v) is 7.92. The first-order valence-electron chi connectivity index (χ1n) is 7.04. The van der Waals surface area contributed by atoms with Crippen molar-refractivity contribution < 1.29 is 0 Å². The molecule has 2 aromatic heterocycles. The summed E-state index contributed by atoms with van der Waals surface area (Å²) in [6, 6.07) is 12.5. The van der Waals surface area contributed by atoms with E-state index in [2.05, 4.69) is 42.7 Å². The largest absolute Gasteiger partial charge is 0.316 e. The zero-order chi connectivity index (χ0) is 14.8. The highest BCUT2D eigenvalue weighted by atomic mass is 32.1. The molecule has 0 unspecified atom stereocenters. The minimum Gasteiger partial charge on any atom is -0.316 e. The van der Waals surface area contributed by atoms with Gasteiger partial charge < -0.3 is 5.32 Å². The van der Waals surface area contributed by atoms with Gasteiger partial charge in [-0.05, 0) is 50.0 Å². The number of aromatic nitrogens is 2. The van der Waals surface area contributed by atoms with Gasteiger partial charge in [0.25, 0.3) is 0 Å². The Bertz CT molecular complexity index is 741. The second-order valence-corrected chi connectivity index (χ2v) is 6.05. The normalized spacial score (nSPS) is 11.0. The molecule has 3 nitrogen and oxygen atoms in total. The van der Waals surface area contributed by atoms with Crippen LogP contribution in [0.4, 0.5) is 0 Å². The second kappa shape index (κ2) is 5.84. The Morgan fingerprint density at radius 2 is 1.95 bits per heavy atom. The quantitative estimate of drug-likeness (QED) is 0.790. The fourth-order valence-electron chi connectivity index (χ4n) is 2.62. The molecule has 3 aromatic rings. The summed E-state index contributed by atoms with van der Waals surface area (Å²) >= 11 is 1.79. The molecule has 108 valence electrons. The average Bonchev–Trinajstić information content (AvgIpc) is 3.05. The molecule has 0 aliphatic carbocycles.